The van der Waals surface area contributed by atoms with E-state index in [1.807, 2.05) is 0 Å². The molecule has 0 radical (unpaired) electrons. The van der Waals surface area contributed by atoms with E-state index < -0.39 is 5.97 Å². The molecule has 0 aromatic heterocycles. The summed E-state index contributed by atoms with van der Waals surface area (Å²) in [6, 6.07) is 5.08. The van der Waals surface area contributed by atoms with Crippen LogP contribution in [0.4, 0.5) is 0 Å². The summed E-state index contributed by atoms with van der Waals surface area (Å²) in [6.45, 7) is 1.47. The molecule has 2 N–H and O–H groups in total. The van der Waals surface area contributed by atoms with E-state index in [1.165, 1.54) is 0 Å². The quantitative estimate of drug-likeness (QED) is 0.703. The summed E-state index contributed by atoms with van der Waals surface area (Å²) >= 11 is 5.90. The molecule has 0 saturated heterocycles. The standard InChI is InChI=1S/C12H16ClNO4/c1-17-5-4-14-7-9-6-10(13)2-3-11(9)18-8-12(15)16/h2-3,6,14H,4-5,7-8H2,1H3,(H,15,16). The number of hydrogen-bond acceptors (Lipinski definition) is 4. The molecule has 18 heavy (non-hydrogen) atoms. The van der Waals surface area contributed by atoms with Crippen LogP contribution in [0.1, 0.15) is 5.56 Å². The lowest BCUT2D eigenvalue weighted by molar-refractivity contribution is -0.139. The van der Waals surface area contributed by atoms with Crippen molar-refractivity contribution >= 4 is 17.6 Å². The summed E-state index contributed by atoms with van der Waals surface area (Å²) < 4.78 is 10.1. The number of nitrogens with one attached hydrogen (secondary N) is 1. The van der Waals surface area contributed by atoms with Crippen LogP contribution in [0.15, 0.2) is 18.2 Å². The van der Waals surface area contributed by atoms with E-state index in [0.29, 0.717) is 30.5 Å². The Labute approximate surface area is 111 Å². The van der Waals surface area contributed by atoms with Gasteiger partial charge in [-0.15, -0.1) is 0 Å². The zero-order valence-electron chi connectivity index (χ0n) is 10.1. The average molecular weight is 274 g/mol. The van der Waals surface area contributed by atoms with E-state index in [1.54, 1.807) is 25.3 Å². The van der Waals surface area contributed by atoms with E-state index in [9.17, 15) is 4.79 Å². The Kier molecular flexibility index (Phi) is 6.49. The Bertz CT molecular complexity index is 398. The molecule has 0 aliphatic heterocycles. The molecular formula is C12H16ClNO4. The van der Waals surface area contributed by atoms with Crippen molar-refractivity contribution in [3.63, 3.8) is 0 Å². The van der Waals surface area contributed by atoms with Crippen LogP contribution < -0.4 is 10.1 Å². The van der Waals surface area contributed by atoms with Gasteiger partial charge < -0.3 is 19.9 Å². The van der Waals surface area contributed by atoms with Gasteiger partial charge in [0.1, 0.15) is 5.75 Å². The summed E-state index contributed by atoms with van der Waals surface area (Å²) in [5.74, 6) is -0.491. The number of aliphatic carboxylic acids is 1. The van der Waals surface area contributed by atoms with Gasteiger partial charge in [-0.1, -0.05) is 11.6 Å². The van der Waals surface area contributed by atoms with Gasteiger partial charge in [-0.25, -0.2) is 4.79 Å². The lowest BCUT2D eigenvalue weighted by Crippen LogP contribution is -2.19. The molecule has 0 unspecified atom stereocenters. The maximum absolute atomic E-state index is 10.5. The smallest absolute Gasteiger partial charge is 0.341 e. The van der Waals surface area contributed by atoms with E-state index in [4.69, 9.17) is 26.2 Å². The maximum Gasteiger partial charge on any atom is 0.341 e. The highest BCUT2D eigenvalue weighted by atomic mass is 35.5. The molecule has 0 amide bonds. The lowest BCUT2D eigenvalue weighted by Gasteiger charge is -2.11. The summed E-state index contributed by atoms with van der Waals surface area (Å²) in [4.78, 5) is 10.5. The monoisotopic (exact) mass is 273 g/mol. The number of carboxylic acid groups (broad SMARTS) is 1. The second-order valence-electron chi connectivity index (χ2n) is 3.60. The van der Waals surface area contributed by atoms with Crippen LogP contribution in [-0.2, 0) is 16.1 Å². The third-order valence-electron chi connectivity index (χ3n) is 2.17. The Morgan fingerprint density at radius 3 is 2.94 bits per heavy atom. The molecule has 0 atom stereocenters. The summed E-state index contributed by atoms with van der Waals surface area (Å²) in [5, 5.41) is 12.3. The van der Waals surface area contributed by atoms with Crippen molar-refractivity contribution in [1.29, 1.82) is 0 Å². The van der Waals surface area contributed by atoms with Crippen molar-refractivity contribution in [1.82, 2.24) is 5.32 Å². The first kappa shape index (κ1) is 14.8. The third kappa shape index (κ3) is 5.35. The SMILES string of the molecule is COCCNCc1cc(Cl)ccc1OCC(=O)O. The van der Waals surface area contributed by atoms with E-state index in [0.717, 1.165) is 5.56 Å². The summed E-state index contributed by atoms with van der Waals surface area (Å²) in [7, 11) is 1.63. The van der Waals surface area contributed by atoms with Gasteiger partial charge in [0.25, 0.3) is 0 Å². The van der Waals surface area contributed by atoms with Crippen molar-refractivity contribution in [2.45, 2.75) is 6.54 Å². The zero-order valence-corrected chi connectivity index (χ0v) is 10.9. The molecule has 0 bridgehead atoms. The number of halogens is 1. The predicted molar refractivity (Wildman–Crippen MR) is 68.2 cm³/mol. The second kappa shape index (κ2) is 7.92. The Balaban J connectivity index is 2.61. The molecule has 1 aromatic carbocycles. The first-order chi connectivity index (χ1) is 8.63. The number of carbonyl (C=O) groups is 1. The van der Waals surface area contributed by atoms with E-state index in [-0.39, 0.29) is 6.61 Å². The highest BCUT2D eigenvalue weighted by Gasteiger charge is 2.06. The Morgan fingerprint density at radius 1 is 1.50 bits per heavy atom. The van der Waals surface area contributed by atoms with Gasteiger partial charge >= 0.3 is 5.97 Å². The molecule has 0 heterocycles. The fourth-order valence-electron chi connectivity index (χ4n) is 1.36. The van der Waals surface area contributed by atoms with Crippen molar-refractivity contribution in [2.24, 2.45) is 0 Å². The van der Waals surface area contributed by atoms with Gasteiger partial charge in [0.05, 0.1) is 6.61 Å². The minimum atomic E-state index is -1.01. The van der Waals surface area contributed by atoms with Crippen molar-refractivity contribution in [2.75, 3.05) is 26.9 Å². The molecule has 0 aliphatic carbocycles. The number of methoxy groups -OCH3 is 1. The molecular weight excluding hydrogens is 258 g/mol. The molecule has 6 heteroatoms. The summed E-state index contributed by atoms with van der Waals surface area (Å²) in [6.07, 6.45) is 0. The van der Waals surface area contributed by atoms with Crippen molar-refractivity contribution in [3.8, 4) is 5.75 Å². The van der Waals surface area contributed by atoms with Crippen LogP contribution in [-0.4, -0.2) is 37.9 Å². The first-order valence-corrected chi connectivity index (χ1v) is 5.84. The van der Waals surface area contributed by atoms with Crippen LogP contribution in [0, 0.1) is 0 Å². The number of ether oxygens (including phenoxy) is 2. The van der Waals surface area contributed by atoms with Gasteiger partial charge in [0, 0.05) is 30.8 Å². The van der Waals surface area contributed by atoms with Crippen LogP contribution in [0.2, 0.25) is 5.02 Å². The highest BCUT2D eigenvalue weighted by Crippen LogP contribution is 2.22. The summed E-state index contributed by atoms with van der Waals surface area (Å²) in [5.41, 5.74) is 0.819. The minimum absolute atomic E-state index is 0.368. The molecule has 0 saturated carbocycles. The number of benzene rings is 1. The van der Waals surface area contributed by atoms with Gasteiger partial charge in [0.2, 0.25) is 0 Å². The predicted octanol–water partition coefficient (Wildman–Crippen LogP) is 1.54. The fourth-order valence-corrected chi connectivity index (χ4v) is 1.56. The number of hydrogen-bond donors (Lipinski definition) is 2. The highest BCUT2D eigenvalue weighted by molar-refractivity contribution is 6.30. The maximum atomic E-state index is 10.5. The molecule has 1 rings (SSSR count). The van der Waals surface area contributed by atoms with Crippen LogP contribution in [0.25, 0.3) is 0 Å². The molecule has 5 nitrogen and oxygen atoms in total. The number of rotatable bonds is 8. The normalized spacial score (nSPS) is 10.3. The zero-order chi connectivity index (χ0) is 13.4. The fraction of sp³-hybridized carbons (Fsp3) is 0.417. The van der Waals surface area contributed by atoms with Crippen molar-refractivity contribution < 1.29 is 19.4 Å². The average Bonchev–Trinajstić information content (AvgIpc) is 2.33. The number of carboxylic acids is 1. The lowest BCUT2D eigenvalue weighted by atomic mass is 10.2. The van der Waals surface area contributed by atoms with E-state index in [2.05, 4.69) is 5.32 Å². The van der Waals surface area contributed by atoms with Gasteiger partial charge in [-0.2, -0.15) is 0 Å². The van der Waals surface area contributed by atoms with E-state index >= 15 is 0 Å². The first-order valence-electron chi connectivity index (χ1n) is 5.46. The molecule has 100 valence electrons. The third-order valence-corrected chi connectivity index (χ3v) is 2.41. The van der Waals surface area contributed by atoms with Crippen LogP contribution in [0.5, 0.6) is 5.75 Å². The second-order valence-corrected chi connectivity index (χ2v) is 4.04. The van der Waals surface area contributed by atoms with Crippen LogP contribution in [0.3, 0.4) is 0 Å². The Hall–Kier alpha value is -1.30. The minimum Gasteiger partial charge on any atom is -0.482 e. The molecule has 0 aliphatic rings. The van der Waals surface area contributed by atoms with Gasteiger partial charge in [-0.05, 0) is 18.2 Å². The van der Waals surface area contributed by atoms with Crippen LogP contribution >= 0.6 is 11.6 Å². The molecule has 0 spiro atoms. The molecule has 1 aromatic rings. The largest absolute Gasteiger partial charge is 0.482 e. The Morgan fingerprint density at radius 2 is 2.28 bits per heavy atom. The molecule has 0 fully saturated rings. The van der Waals surface area contributed by atoms with Gasteiger partial charge in [-0.3, -0.25) is 0 Å². The van der Waals surface area contributed by atoms with Crippen molar-refractivity contribution in [3.05, 3.63) is 28.8 Å². The van der Waals surface area contributed by atoms with Gasteiger partial charge in [0.15, 0.2) is 6.61 Å². The topological polar surface area (TPSA) is 67.8 Å².